The number of rotatable bonds is 1. The lowest BCUT2D eigenvalue weighted by Crippen LogP contribution is -2.04. The molecule has 3 nitrogen and oxygen atoms in total. The van der Waals surface area contributed by atoms with Crippen molar-refractivity contribution in [2.24, 2.45) is 0 Å². The quantitative estimate of drug-likeness (QED) is 0.586. The molecular weight excluding hydrogens is 152 g/mol. The number of aromatic hydroxyl groups is 1. The highest BCUT2D eigenvalue weighted by atomic mass is 16.3. The number of nitrogens with zero attached hydrogens (tertiary/aromatic N) is 1. The molecule has 0 unspecified atom stereocenters. The first-order chi connectivity index (χ1) is 5.83. The third-order valence-corrected chi connectivity index (χ3v) is 1.23. The molecule has 0 atom stereocenters. The van der Waals surface area contributed by atoms with Gasteiger partial charge in [0, 0.05) is 0 Å². The minimum Gasteiger partial charge on any atom is -0.506 e. The molecule has 0 aliphatic rings. The predicted octanol–water partition coefficient (Wildman–Crippen LogP) is 0.358. The van der Waals surface area contributed by atoms with Gasteiger partial charge in [0.05, 0.1) is 12.7 Å². The van der Waals surface area contributed by atoms with Gasteiger partial charge in [-0.15, -0.1) is 0 Å². The highest BCUT2D eigenvalue weighted by molar-refractivity contribution is 5.30. The van der Waals surface area contributed by atoms with E-state index < -0.39 is 0 Å². The van der Waals surface area contributed by atoms with Crippen LogP contribution < -0.4 is 5.32 Å². The number of hydrogen-bond donors (Lipinski definition) is 2. The Bertz CT molecular complexity index is 295. The molecule has 1 rings (SSSR count). The van der Waals surface area contributed by atoms with E-state index in [2.05, 4.69) is 22.1 Å². The average Bonchev–Trinajstić information content (AvgIpc) is 2.09. The Hall–Kier alpha value is -1.53. The molecule has 0 aromatic carbocycles. The predicted molar refractivity (Wildman–Crippen MR) is 46.7 cm³/mol. The molecule has 0 saturated heterocycles. The van der Waals surface area contributed by atoms with Gasteiger partial charge >= 0.3 is 0 Å². The molecule has 0 fully saturated rings. The van der Waals surface area contributed by atoms with Crippen LogP contribution in [0.2, 0.25) is 0 Å². The summed E-state index contributed by atoms with van der Waals surface area (Å²) < 4.78 is 0. The highest BCUT2D eigenvalue weighted by Crippen LogP contribution is 2.04. The SMILES string of the molecule is CNCC#Cc1ccc(O)cn1. The Morgan fingerprint density at radius 3 is 3.00 bits per heavy atom. The van der Waals surface area contributed by atoms with Gasteiger partial charge in [0.1, 0.15) is 11.4 Å². The Labute approximate surface area is 71.5 Å². The summed E-state index contributed by atoms with van der Waals surface area (Å²) in [5.41, 5.74) is 0.669. The van der Waals surface area contributed by atoms with Gasteiger partial charge in [0.25, 0.3) is 0 Å². The minimum absolute atomic E-state index is 0.161. The molecule has 62 valence electrons. The Kier molecular flexibility index (Phi) is 3.12. The minimum atomic E-state index is 0.161. The van der Waals surface area contributed by atoms with Gasteiger partial charge in [-0.1, -0.05) is 5.92 Å². The number of pyridine rings is 1. The maximum atomic E-state index is 8.91. The van der Waals surface area contributed by atoms with Crippen molar-refractivity contribution >= 4 is 0 Å². The Morgan fingerprint density at radius 1 is 1.58 bits per heavy atom. The molecule has 0 radical (unpaired) electrons. The maximum absolute atomic E-state index is 8.91. The molecule has 0 aliphatic heterocycles. The van der Waals surface area contributed by atoms with Crippen LogP contribution in [0.15, 0.2) is 18.3 Å². The van der Waals surface area contributed by atoms with Crippen LogP contribution in [0.5, 0.6) is 5.75 Å². The van der Waals surface area contributed by atoms with Crippen LogP contribution in [0.4, 0.5) is 0 Å². The van der Waals surface area contributed by atoms with Crippen LogP contribution in [0.25, 0.3) is 0 Å². The van der Waals surface area contributed by atoms with Crippen LogP contribution >= 0.6 is 0 Å². The van der Waals surface area contributed by atoms with Crippen LogP contribution in [0, 0.1) is 11.8 Å². The molecular formula is C9H10N2O. The number of hydrogen-bond acceptors (Lipinski definition) is 3. The molecule has 1 heterocycles. The molecule has 0 bridgehead atoms. The molecule has 2 N–H and O–H groups in total. The smallest absolute Gasteiger partial charge is 0.133 e. The van der Waals surface area contributed by atoms with E-state index >= 15 is 0 Å². The van der Waals surface area contributed by atoms with Crippen molar-refractivity contribution in [2.75, 3.05) is 13.6 Å². The molecule has 0 aliphatic carbocycles. The maximum Gasteiger partial charge on any atom is 0.133 e. The van der Waals surface area contributed by atoms with E-state index in [0.29, 0.717) is 12.2 Å². The average molecular weight is 162 g/mol. The first-order valence-corrected chi connectivity index (χ1v) is 3.61. The summed E-state index contributed by atoms with van der Waals surface area (Å²) >= 11 is 0. The van der Waals surface area contributed by atoms with Gasteiger partial charge in [-0.3, -0.25) is 0 Å². The third kappa shape index (κ3) is 2.60. The summed E-state index contributed by atoms with van der Waals surface area (Å²) in [5.74, 6) is 5.86. The zero-order valence-electron chi connectivity index (χ0n) is 6.83. The van der Waals surface area contributed by atoms with Crippen LogP contribution in [0.1, 0.15) is 5.69 Å². The summed E-state index contributed by atoms with van der Waals surface area (Å²) in [7, 11) is 1.83. The van der Waals surface area contributed by atoms with Gasteiger partial charge in [-0.25, -0.2) is 4.98 Å². The zero-order valence-corrected chi connectivity index (χ0v) is 6.83. The summed E-state index contributed by atoms with van der Waals surface area (Å²) in [6, 6.07) is 3.24. The normalized spacial score (nSPS) is 8.75. The van der Waals surface area contributed by atoms with Crippen molar-refractivity contribution in [3.8, 4) is 17.6 Å². The molecule has 1 aromatic rings. The molecule has 0 amide bonds. The summed E-state index contributed by atoms with van der Waals surface area (Å²) in [6.07, 6.45) is 1.38. The Balaban J connectivity index is 2.66. The standard InChI is InChI=1S/C9H10N2O/c1-10-6-2-3-8-4-5-9(12)7-11-8/h4-5,7,10,12H,6H2,1H3. The van der Waals surface area contributed by atoms with Gasteiger partial charge in [0.2, 0.25) is 0 Å². The number of aromatic nitrogens is 1. The fourth-order valence-electron chi connectivity index (χ4n) is 0.683. The van der Waals surface area contributed by atoms with Gasteiger partial charge < -0.3 is 10.4 Å². The van der Waals surface area contributed by atoms with Crippen molar-refractivity contribution in [1.29, 1.82) is 0 Å². The van der Waals surface area contributed by atoms with Crippen molar-refractivity contribution < 1.29 is 5.11 Å². The van der Waals surface area contributed by atoms with Crippen molar-refractivity contribution in [1.82, 2.24) is 10.3 Å². The van der Waals surface area contributed by atoms with E-state index in [-0.39, 0.29) is 5.75 Å². The summed E-state index contributed by atoms with van der Waals surface area (Å²) in [5, 5.41) is 11.8. The second-order valence-corrected chi connectivity index (χ2v) is 2.23. The van der Waals surface area contributed by atoms with Crippen molar-refractivity contribution in [3.63, 3.8) is 0 Å². The summed E-state index contributed by atoms with van der Waals surface area (Å²) in [6.45, 7) is 0.641. The Morgan fingerprint density at radius 2 is 2.42 bits per heavy atom. The second kappa shape index (κ2) is 4.37. The second-order valence-electron chi connectivity index (χ2n) is 2.23. The largest absolute Gasteiger partial charge is 0.506 e. The van der Waals surface area contributed by atoms with E-state index in [1.165, 1.54) is 6.20 Å². The lowest BCUT2D eigenvalue weighted by atomic mass is 10.3. The molecule has 1 aromatic heterocycles. The van der Waals surface area contributed by atoms with Crippen LogP contribution in [-0.4, -0.2) is 23.7 Å². The van der Waals surface area contributed by atoms with Gasteiger partial charge in [0.15, 0.2) is 0 Å². The van der Waals surface area contributed by atoms with Crippen molar-refractivity contribution in [2.45, 2.75) is 0 Å². The molecule has 0 spiro atoms. The van der Waals surface area contributed by atoms with E-state index in [0.717, 1.165) is 0 Å². The van der Waals surface area contributed by atoms with Crippen molar-refractivity contribution in [3.05, 3.63) is 24.0 Å². The monoisotopic (exact) mass is 162 g/mol. The van der Waals surface area contributed by atoms with E-state index in [1.807, 2.05) is 7.05 Å². The van der Waals surface area contributed by atoms with Crippen LogP contribution in [0.3, 0.4) is 0 Å². The van der Waals surface area contributed by atoms with E-state index in [9.17, 15) is 0 Å². The van der Waals surface area contributed by atoms with Gasteiger partial charge in [-0.05, 0) is 25.1 Å². The molecule has 12 heavy (non-hydrogen) atoms. The topological polar surface area (TPSA) is 45.1 Å². The lowest BCUT2D eigenvalue weighted by Gasteiger charge is -1.89. The number of nitrogens with one attached hydrogen (secondary N) is 1. The fraction of sp³-hybridized carbons (Fsp3) is 0.222. The summed E-state index contributed by atoms with van der Waals surface area (Å²) in [4.78, 5) is 3.90. The first-order valence-electron chi connectivity index (χ1n) is 3.61. The fourth-order valence-corrected chi connectivity index (χ4v) is 0.683. The first kappa shape index (κ1) is 8.57. The van der Waals surface area contributed by atoms with E-state index in [4.69, 9.17) is 5.11 Å². The van der Waals surface area contributed by atoms with Gasteiger partial charge in [-0.2, -0.15) is 0 Å². The molecule has 0 saturated carbocycles. The zero-order chi connectivity index (χ0) is 8.81. The molecule has 3 heteroatoms. The lowest BCUT2D eigenvalue weighted by molar-refractivity contribution is 0.472. The van der Waals surface area contributed by atoms with Crippen LogP contribution in [-0.2, 0) is 0 Å². The highest BCUT2D eigenvalue weighted by Gasteiger charge is 1.87. The van der Waals surface area contributed by atoms with E-state index in [1.54, 1.807) is 12.1 Å². The third-order valence-electron chi connectivity index (χ3n) is 1.23.